The van der Waals surface area contributed by atoms with Crippen LogP contribution in [0.5, 0.6) is 0 Å². The second-order valence-electron chi connectivity index (χ2n) is 4.06. The number of hydrogen-bond donors (Lipinski definition) is 0. The highest BCUT2D eigenvalue weighted by molar-refractivity contribution is 5.82. The molecular weight excluding hydrogens is 164 g/mol. The number of hydrogen-bond acceptors (Lipinski definition) is 2. The van der Waals surface area contributed by atoms with Crippen LogP contribution in [0.3, 0.4) is 0 Å². The minimum Gasteiger partial charge on any atom is -0.463 e. The fourth-order valence-electron chi connectivity index (χ4n) is 2.40. The van der Waals surface area contributed by atoms with Crippen LogP contribution >= 0.6 is 0 Å². The van der Waals surface area contributed by atoms with Gasteiger partial charge in [-0.05, 0) is 44.4 Å². The molecule has 2 heteroatoms. The van der Waals surface area contributed by atoms with Crippen LogP contribution in [0.2, 0.25) is 0 Å². The van der Waals surface area contributed by atoms with Gasteiger partial charge in [-0.3, -0.25) is 0 Å². The standard InChI is InChI=1S/C11H16O2/c1-2-13-11(12)7-8-5-9-3-4-10(9)6-8/h7,9-10H,2-6H2,1H3/b8-7-/t9?,10-/m0/s1. The summed E-state index contributed by atoms with van der Waals surface area (Å²) in [5.74, 6) is 1.63. The fourth-order valence-corrected chi connectivity index (χ4v) is 2.40. The van der Waals surface area contributed by atoms with Gasteiger partial charge in [0.15, 0.2) is 0 Å². The average Bonchev–Trinajstić information content (AvgIpc) is 2.31. The van der Waals surface area contributed by atoms with Crippen molar-refractivity contribution in [3.63, 3.8) is 0 Å². The van der Waals surface area contributed by atoms with E-state index in [0.717, 1.165) is 24.7 Å². The summed E-state index contributed by atoms with van der Waals surface area (Å²) >= 11 is 0. The number of ether oxygens (including phenoxy) is 1. The van der Waals surface area contributed by atoms with Crippen LogP contribution in [-0.4, -0.2) is 12.6 Å². The highest BCUT2D eigenvalue weighted by Crippen LogP contribution is 2.49. The Morgan fingerprint density at radius 2 is 2.08 bits per heavy atom. The van der Waals surface area contributed by atoms with E-state index in [-0.39, 0.29) is 5.97 Å². The minimum absolute atomic E-state index is 0.154. The molecule has 0 bridgehead atoms. The zero-order valence-corrected chi connectivity index (χ0v) is 8.08. The lowest BCUT2D eigenvalue weighted by molar-refractivity contribution is -0.137. The van der Waals surface area contributed by atoms with Gasteiger partial charge in [-0.25, -0.2) is 4.79 Å². The van der Waals surface area contributed by atoms with Crippen molar-refractivity contribution in [1.29, 1.82) is 0 Å². The molecule has 2 nitrogen and oxygen atoms in total. The zero-order chi connectivity index (χ0) is 9.26. The number of carbonyl (C=O) groups is 1. The van der Waals surface area contributed by atoms with Gasteiger partial charge in [0.05, 0.1) is 6.61 Å². The molecule has 0 amide bonds. The first-order valence-corrected chi connectivity index (χ1v) is 5.15. The summed E-state index contributed by atoms with van der Waals surface area (Å²) in [5, 5.41) is 0. The zero-order valence-electron chi connectivity index (χ0n) is 8.08. The maximum atomic E-state index is 11.1. The molecule has 2 aliphatic carbocycles. The summed E-state index contributed by atoms with van der Waals surface area (Å²) in [7, 11) is 0. The molecule has 0 spiro atoms. The maximum Gasteiger partial charge on any atom is 0.330 e. The first-order chi connectivity index (χ1) is 6.29. The summed E-state index contributed by atoms with van der Waals surface area (Å²) in [6, 6.07) is 0. The van der Waals surface area contributed by atoms with Gasteiger partial charge in [0, 0.05) is 6.08 Å². The predicted octanol–water partition coefficient (Wildman–Crippen LogP) is 2.30. The van der Waals surface area contributed by atoms with Crippen LogP contribution < -0.4 is 0 Å². The fraction of sp³-hybridized carbons (Fsp3) is 0.727. The monoisotopic (exact) mass is 180 g/mol. The van der Waals surface area contributed by atoms with E-state index in [2.05, 4.69) is 0 Å². The van der Waals surface area contributed by atoms with E-state index in [1.54, 1.807) is 6.08 Å². The molecule has 13 heavy (non-hydrogen) atoms. The second kappa shape index (κ2) is 3.52. The summed E-state index contributed by atoms with van der Waals surface area (Å²) in [5.41, 5.74) is 1.31. The summed E-state index contributed by atoms with van der Waals surface area (Å²) in [4.78, 5) is 11.1. The lowest BCUT2D eigenvalue weighted by Gasteiger charge is -2.28. The van der Waals surface area contributed by atoms with E-state index in [4.69, 9.17) is 4.74 Å². The quantitative estimate of drug-likeness (QED) is 0.481. The molecule has 0 aliphatic heterocycles. The first kappa shape index (κ1) is 8.79. The Balaban J connectivity index is 1.90. The van der Waals surface area contributed by atoms with Crippen molar-refractivity contribution in [1.82, 2.24) is 0 Å². The molecule has 0 aromatic rings. The topological polar surface area (TPSA) is 26.3 Å². The molecule has 1 unspecified atom stereocenters. The van der Waals surface area contributed by atoms with E-state index in [0.29, 0.717) is 6.61 Å². The van der Waals surface area contributed by atoms with Crippen LogP contribution in [0.15, 0.2) is 11.6 Å². The van der Waals surface area contributed by atoms with Gasteiger partial charge in [0.2, 0.25) is 0 Å². The highest BCUT2D eigenvalue weighted by Gasteiger charge is 2.37. The Hall–Kier alpha value is -0.790. The van der Waals surface area contributed by atoms with E-state index in [1.165, 1.54) is 18.4 Å². The van der Waals surface area contributed by atoms with Crippen LogP contribution in [0.4, 0.5) is 0 Å². The smallest absolute Gasteiger partial charge is 0.330 e. The van der Waals surface area contributed by atoms with Crippen molar-refractivity contribution < 1.29 is 9.53 Å². The third-order valence-corrected chi connectivity index (χ3v) is 3.23. The van der Waals surface area contributed by atoms with Crippen molar-refractivity contribution in [2.45, 2.75) is 32.6 Å². The largest absolute Gasteiger partial charge is 0.463 e. The number of carbonyl (C=O) groups excluding carboxylic acids is 1. The van der Waals surface area contributed by atoms with Crippen LogP contribution in [0.1, 0.15) is 32.6 Å². The molecule has 0 aromatic carbocycles. The van der Waals surface area contributed by atoms with Gasteiger partial charge < -0.3 is 4.74 Å². The SMILES string of the molecule is CCOC(=O)/C=C1/CC2CC[C@H]2C1. The molecule has 2 fully saturated rings. The molecular formula is C11H16O2. The summed E-state index contributed by atoms with van der Waals surface area (Å²) in [6.45, 7) is 2.32. The van der Waals surface area contributed by atoms with Crippen molar-refractivity contribution in [2.24, 2.45) is 11.8 Å². The minimum atomic E-state index is -0.154. The van der Waals surface area contributed by atoms with Crippen molar-refractivity contribution in [3.8, 4) is 0 Å². The van der Waals surface area contributed by atoms with Crippen molar-refractivity contribution in [3.05, 3.63) is 11.6 Å². The highest BCUT2D eigenvalue weighted by atomic mass is 16.5. The molecule has 0 radical (unpaired) electrons. The molecule has 0 N–H and O–H groups in total. The summed E-state index contributed by atoms with van der Waals surface area (Å²) in [6.07, 6.45) is 6.73. The van der Waals surface area contributed by atoms with E-state index in [9.17, 15) is 4.79 Å². The maximum absolute atomic E-state index is 11.1. The molecule has 72 valence electrons. The lowest BCUT2D eigenvalue weighted by Crippen LogP contribution is -2.18. The van der Waals surface area contributed by atoms with Gasteiger partial charge in [-0.15, -0.1) is 0 Å². The van der Waals surface area contributed by atoms with E-state index in [1.807, 2.05) is 6.92 Å². The molecule has 2 rings (SSSR count). The molecule has 2 atom stereocenters. The van der Waals surface area contributed by atoms with Gasteiger partial charge >= 0.3 is 5.97 Å². The normalized spacial score (nSPS) is 34.1. The van der Waals surface area contributed by atoms with Gasteiger partial charge in [0.1, 0.15) is 0 Å². The average molecular weight is 180 g/mol. The second-order valence-corrected chi connectivity index (χ2v) is 4.06. The Morgan fingerprint density at radius 1 is 1.46 bits per heavy atom. The third kappa shape index (κ3) is 1.77. The summed E-state index contributed by atoms with van der Waals surface area (Å²) < 4.78 is 4.88. The van der Waals surface area contributed by atoms with Gasteiger partial charge in [0.25, 0.3) is 0 Å². The molecule has 2 saturated carbocycles. The van der Waals surface area contributed by atoms with Crippen molar-refractivity contribution >= 4 is 5.97 Å². The Labute approximate surface area is 79.0 Å². The van der Waals surface area contributed by atoms with Crippen LogP contribution in [-0.2, 0) is 9.53 Å². The number of fused-ring (bicyclic) bond motifs is 1. The Morgan fingerprint density at radius 3 is 2.54 bits per heavy atom. The van der Waals surface area contributed by atoms with Crippen molar-refractivity contribution in [2.75, 3.05) is 6.61 Å². The first-order valence-electron chi connectivity index (χ1n) is 5.15. The molecule has 0 aromatic heterocycles. The molecule has 0 heterocycles. The molecule has 2 aliphatic rings. The Kier molecular flexibility index (Phi) is 2.38. The molecule has 0 saturated heterocycles. The number of allylic oxidation sites excluding steroid dienone is 1. The number of esters is 1. The van der Waals surface area contributed by atoms with E-state index < -0.39 is 0 Å². The van der Waals surface area contributed by atoms with Gasteiger partial charge in [-0.2, -0.15) is 0 Å². The van der Waals surface area contributed by atoms with Crippen LogP contribution in [0, 0.1) is 11.8 Å². The Bertz CT molecular complexity index is 228. The van der Waals surface area contributed by atoms with Crippen LogP contribution in [0.25, 0.3) is 0 Å². The third-order valence-electron chi connectivity index (χ3n) is 3.23. The predicted molar refractivity (Wildman–Crippen MR) is 50.2 cm³/mol. The van der Waals surface area contributed by atoms with Gasteiger partial charge in [-0.1, -0.05) is 5.57 Å². The van der Waals surface area contributed by atoms with E-state index >= 15 is 0 Å². The lowest BCUT2D eigenvalue weighted by atomic mass is 9.77. The number of rotatable bonds is 2.